The third-order valence-electron chi connectivity index (χ3n) is 2.59. The summed E-state index contributed by atoms with van der Waals surface area (Å²) in [4.78, 5) is 35.1. The molecule has 0 radical (unpaired) electrons. The highest BCUT2D eigenvalue weighted by Crippen LogP contribution is 2.27. The van der Waals surface area contributed by atoms with E-state index in [0.29, 0.717) is 10.4 Å². The van der Waals surface area contributed by atoms with E-state index in [1.165, 1.54) is 11.3 Å². The molecule has 0 amide bonds. The van der Waals surface area contributed by atoms with Gasteiger partial charge in [0.1, 0.15) is 5.70 Å². The summed E-state index contributed by atoms with van der Waals surface area (Å²) < 4.78 is 1.00. The Balaban J connectivity index is 2.08. The van der Waals surface area contributed by atoms with E-state index in [-0.39, 0.29) is 23.0 Å². The Morgan fingerprint density at radius 3 is 2.84 bits per heavy atom. The third-order valence-corrected chi connectivity index (χ3v) is 3.52. The lowest BCUT2D eigenvalue weighted by Crippen LogP contribution is -2.18. The summed E-state index contributed by atoms with van der Waals surface area (Å²) in [7, 11) is 0. The molecule has 0 bridgehead atoms. The number of carboxylic acid groups (broad SMARTS) is 1. The second kappa shape index (κ2) is 3.95. The van der Waals surface area contributed by atoms with Crippen molar-refractivity contribution in [1.82, 2.24) is 15.0 Å². The number of Topliss-reactive ketones (excluding diaryl/α,β-unsaturated/α-hetero) is 1. The van der Waals surface area contributed by atoms with Crippen molar-refractivity contribution in [1.29, 1.82) is 0 Å². The van der Waals surface area contributed by atoms with Crippen LogP contribution >= 0.6 is 11.3 Å². The van der Waals surface area contributed by atoms with Gasteiger partial charge >= 0.3 is 5.97 Å². The van der Waals surface area contributed by atoms with Gasteiger partial charge in [0.05, 0.1) is 11.1 Å². The zero-order valence-electron chi connectivity index (χ0n) is 9.23. The molecule has 1 N–H and O–H groups in total. The van der Waals surface area contributed by atoms with Crippen LogP contribution in [0.25, 0.3) is 5.70 Å². The molecule has 0 spiro atoms. The molecule has 0 aliphatic heterocycles. The average molecular weight is 275 g/mol. The van der Waals surface area contributed by atoms with Crippen LogP contribution in [0.3, 0.4) is 0 Å². The van der Waals surface area contributed by atoms with Crippen molar-refractivity contribution in [2.75, 3.05) is 0 Å². The maximum absolute atomic E-state index is 12.2. The molecule has 0 fully saturated rings. The van der Waals surface area contributed by atoms with Crippen LogP contribution in [0.5, 0.6) is 0 Å². The summed E-state index contributed by atoms with van der Waals surface area (Å²) in [6, 6.07) is 1.56. The van der Waals surface area contributed by atoms with Gasteiger partial charge in [0.15, 0.2) is 11.5 Å². The molecular weight excluding hydrogens is 270 g/mol. The SMILES string of the molecule is O=C(O)c1cn(C2=CC(=O)c3sccc3C2=O)nn1. The molecule has 1 aliphatic carbocycles. The molecule has 94 valence electrons. The van der Waals surface area contributed by atoms with Gasteiger partial charge < -0.3 is 5.11 Å². The van der Waals surface area contributed by atoms with Crippen LogP contribution in [-0.2, 0) is 0 Å². The number of aromatic carboxylic acids is 1. The van der Waals surface area contributed by atoms with Gasteiger partial charge in [0.25, 0.3) is 0 Å². The van der Waals surface area contributed by atoms with Crippen molar-refractivity contribution in [3.05, 3.63) is 39.9 Å². The minimum atomic E-state index is -1.25. The Bertz CT molecular complexity index is 756. The first kappa shape index (κ1) is 11.5. The smallest absolute Gasteiger partial charge is 0.358 e. The fourth-order valence-electron chi connectivity index (χ4n) is 1.72. The summed E-state index contributed by atoms with van der Waals surface area (Å²) in [6.45, 7) is 0. The first-order chi connectivity index (χ1) is 9.08. The normalized spacial score (nSPS) is 14.2. The molecule has 0 saturated carbocycles. The van der Waals surface area contributed by atoms with E-state index in [4.69, 9.17) is 5.11 Å². The fourth-order valence-corrected chi connectivity index (χ4v) is 2.52. The number of fused-ring (bicyclic) bond motifs is 1. The van der Waals surface area contributed by atoms with E-state index in [1.54, 1.807) is 11.4 Å². The summed E-state index contributed by atoms with van der Waals surface area (Å²) in [5.74, 6) is -1.93. The highest BCUT2D eigenvalue weighted by atomic mass is 32.1. The molecule has 2 aromatic heterocycles. The molecule has 19 heavy (non-hydrogen) atoms. The quantitative estimate of drug-likeness (QED) is 0.875. The second-order valence-electron chi connectivity index (χ2n) is 3.74. The Labute approximate surface area is 109 Å². The number of allylic oxidation sites excluding steroid dienone is 2. The molecule has 3 rings (SSSR count). The van der Waals surface area contributed by atoms with Crippen LogP contribution in [-0.4, -0.2) is 37.6 Å². The highest BCUT2D eigenvalue weighted by molar-refractivity contribution is 7.12. The van der Waals surface area contributed by atoms with Gasteiger partial charge in [0, 0.05) is 11.6 Å². The maximum Gasteiger partial charge on any atom is 0.358 e. The van der Waals surface area contributed by atoms with E-state index in [9.17, 15) is 14.4 Å². The lowest BCUT2D eigenvalue weighted by atomic mass is 10.0. The van der Waals surface area contributed by atoms with Crippen LogP contribution in [0, 0.1) is 0 Å². The first-order valence-electron chi connectivity index (χ1n) is 5.12. The third kappa shape index (κ3) is 1.69. The Morgan fingerprint density at radius 1 is 1.37 bits per heavy atom. The van der Waals surface area contributed by atoms with E-state index in [2.05, 4.69) is 10.3 Å². The first-order valence-corrected chi connectivity index (χ1v) is 6.00. The number of aromatic nitrogens is 3. The summed E-state index contributed by atoms with van der Waals surface area (Å²) in [6.07, 6.45) is 2.23. The molecule has 7 nitrogen and oxygen atoms in total. The monoisotopic (exact) mass is 275 g/mol. The van der Waals surface area contributed by atoms with Crippen LogP contribution in [0.1, 0.15) is 30.5 Å². The number of hydrogen-bond acceptors (Lipinski definition) is 6. The zero-order valence-corrected chi connectivity index (χ0v) is 10.0. The van der Waals surface area contributed by atoms with Crippen molar-refractivity contribution in [3.8, 4) is 0 Å². The van der Waals surface area contributed by atoms with Gasteiger partial charge in [-0.2, -0.15) is 0 Å². The van der Waals surface area contributed by atoms with Crippen LogP contribution in [0.2, 0.25) is 0 Å². The van der Waals surface area contributed by atoms with Crippen molar-refractivity contribution in [2.45, 2.75) is 0 Å². The molecule has 1 aliphatic rings. The molecule has 8 heteroatoms. The Morgan fingerprint density at radius 2 is 2.16 bits per heavy atom. The number of rotatable bonds is 2. The number of nitrogens with zero attached hydrogens (tertiary/aromatic N) is 3. The molecule has 2 aromatic rings. The number of carbonyl (C=O) groups excluding carboxylic acids is 2. The van der Waals surface area contributed by atoms with E-state index in [0.717, 1.165) is 17.0 Å². The fraction of sp³-hybridized carbons (Fsp3) is 0. The summed E-state index contributed by atoms with van der Waals surface area (Å²) in [5.41, 5.74) is 0.00744. The predicted octanol–water partition coefficient (Wildman–Crippen LogP) is 0.958. The van der Waals surface area contributed by atoms with E-state index in [1.807, 2.05) is 0 Å². The Hall–Kier alpha value is -2.61. The molecule has 0 atom stereocenters. The standard InChI is InChI=1S/C11H5N3O4S/c15-8-3-7(9(16)5-1-2-19-10(5)8)14-4-6(11(17)18)12-13-14/h1-4H,(H,17,18). The number of ketones is 2. The molecule has 2 heterocycles. The van der Waals surface area contributed by atoms with Crippen molar-refractivity contribution in [3.63, 3.8) is 0 Å². The molecular formula is C11H5N3O4S. The second-order valence-corrected chi connectivity index (χ2v) is 4.66. The average Bonchev–Trinajstić information content (AvgIpc) is 3.01. The maximum atomic E-state index is 12.2. The zero-order chi connectivity index (χ0) is 13.6. The molecule has 0 saturated heterocycles. The number of carbonyl (C=O) groups is 3. The van der Waals surface area contributed by atoms with Gasteiger partial charge in [-0.15, -0.1) is 16.4 Å². The highest BCUT2D eigenvalue weighted by Gasteiger charge is 2.28. The minimum Gasteiger partial charge on any atom is -0.476 e. The van der Waals surface area contributed by atoms with Gasteiger partial charge in [-0.05, 0) is 11.4 Å². The summed E-state index contributed by atoms with van der Waals surface area (Å²) >= 11 is 1.19. The Kier molecular flexibility index (Phi) is 2.39. The van der Waals surface area contributed by atoms with Gasteiger partial charge in [-0.1, -0.05) is 5.21 Å². The van der Waals surface area contributed by atoms with E-state index < -0.39 is 5.97 Å². The predicted molar refractivity (Wildman–Crippen MR) is 64.2 cm³/mol. The van der Waals surface area contributed by atoms with Gasteiger partial charge in [0.2, 0.25) is 5.78 Å². The summed E-state index contributed by atoms with van der Waals surface area (Å²) in [5, 5.41) is 17.4. The van der Waals surface area contributed by atoms with Crippen molar-refractivity contribution < 1.29 is 19.5 Å². The lowest BCUT2D eigenvalue weighted by Gasteiger charge is -2.10. The van der Waals surface area contributed by atoms with E-state index >= 15 is 0 Å². The van der Waals surface area contributed by atoms with Crippen LogP contribution in [0.15, 0.2) is 23.7 Å². The van der Waals surface area contributed by atoms with Crippen molar-refractivity contribution in [2.24, 2.45) is 0 Å². The van der Waals surface area contributed by atoms with Gasteiger partial charge in [-0.3, -0.25) is 9.59 Å². The number of hydrogen-bond donors (Lipinski definition) is 1. The lowest BCUT2D eigenvalue weighted by molar-refractivity contribution is 0.0690. The van der Waals surface area contributed by atoms with Crippen molar-refractivity contribution >= 4 is 34.6 Å². The van der Waals surface area contributed by atoms with Crippen LogP contribution < -0.4 is 0 Å². The number of carboxylic acids is 1. The topological polar surface area (TPSA) is 102 Å². The molecule has 0 unspecified atom stereocenters. The van der Waals surface area contributed by atoms with Gasteiger partial charge in [-0.25, -0.2) is 9.48 Å². The molecule has 0 aromatic carbocycles. The van der Waals surface area contributed by atoms with Crippen LogP contribution in [0.4, 0.5) is 0 Å². The largest absolute Gasteiger partial charge is 0.476 e. The number of thiophene rings is 1. The minimum absolute atomic E-state index is 0.00380.